The summed E-state index contributed by atoms with van der Waals surface area (Å²) in [6.45, 7) is 8.21. The van der Waals surface area contributed by atoms with Crippen molar-refractivity contribution in [3.63, 3.8) is 0 Å². The number of benzene rings is 1. The minimum atomic E-state index is -0.550. The number of ether oxygens (including phenoxy) is 1. The van der Waals surface area contributed by atoms with E-state index in [-0.39, 0.29) is 0 Å². The number of amides is 1. The first kappa shape index (κ1) is 15.8. The number of carbonyl (C=O) groups excluding carboxylic acids is 1. The van der Waals surface area contributed by atoms with Crippen LogP contribution in [0.15, 0.2) is 35.4 Å². The van der Waals surface area contributed by atoms with E-state index in [0.29, 0.717) is 6.61 Å². The van der Waals surface area contributed by atoms with Crippen LogP contribution >= 0.6 is 0 Å². The largest absolute Gasteiger partial charge is 0.449 e. The van der Waals surface area contributed by atoms with Crippen molar-refractivity contribution < 1.29 is 9.53 Å². The van der Waals surface area contributed by atoms with Crippen LogP contribution in [-0.4, -0.2) is 23.5 Å². The highest BCUT2D eigenvalue weighted by Gasteiger charge is 2.09. The fourth-order valence-electron chi connectivity index (χ4n) is 2.33. The Labute approximate surface area is 130 Å². The Bertz CT molecular complexity index is 685. The standard InChI is InChI=1S/C17H21N3O2/c1-5-22-17(21)19-18-11-15-10-13(3)20(14(15)4)16-8-6-12(2)7-9-16/h6-11H,5H2,1-4H3,(H,19,21). The second kappa shape index (κ2) is 6.93. The van der Waals surface area contributed by atoms with Gasteiger partial charge in [-0.25, -0.2) is 10.2 Å². The van der Waals surface area contributed by atoms with E-state index >= 15 is 0 Å². The average Bonchev–Trinajstić information content (AvgIpc) is 2.75. The van der Waals surface area contributed by atoms with Gasteiger partial charge in [0.1, 0.15) is 0 Å². The van der Waals surface area contributed by atoms with E-state index in [1.165, 1.54) is 5.56 Å². The van der Waals surface area contributed by atoms with Gasteiger partial charge in [0.2, 0.25) is 0 Å². The molecule has 2 aromatic rings. The molecule has 1 N–H and O–H groups in total. The molecule has 22 heavy (non-hydrogen) atoms. The van der Waals surface area contributed by atoms with Gasteiger partial charge in [-0.05, 0) is 45.9 Å². The third-order valence-electron chi connectivity index (χ3n) is 3.40. The molecule has 0 aliphatic carbocycles. The third kappa shape index (κ3) is 3.55. The zero-order valence-corrected chi connectivity index (χ0v) is 13.4. The van der Waals surface area contributed by atoms with Gasteiger partial charge in [-0.2, -0.15) is 5.10 Å². The molecule has 5 heteroatoms. The van der Waals surface area contributed by atoms with Crippen molar-refractivity contribution in [2.75, 3.05) is 6.61 Å². The normalized spacial score (nSPS) is 10.9. The molecule has 2 rings (SSSR count). The van der Waals surface area contributed by atoms with Crippen LogP contribution in [0, 0.1) is 20.8 Å². The summed E-state index contributed by atoms with van der Waals surface area (Å²) in [5.74, 6) is 0. The highest BCUT2D eigenvalue weighted by atomic mass is 16.5. The van der Waals surface area contributed by atoms with Crippen LogP contribution in [-0.2, 0) is 4.74 Å². The lowest BCUT2D eigenvalue weighted by Crippen LogP contribution is -2.18. The van der Waals surface area contributed by atoms with Gasteiger partial charge in [0, 0.05) is 22.6 Å². The maximum absolute atomic E-state index is 11.2. The predicted molar refractivity (Wildman–Crippen MR) is 87.7 cm³/mol. The lowest BCUT2D eigenvalue weighted by molar-refractivity contribution is 0.152. The zero-order chi connectivity index (χ0) is 16.1. The summed E-state index contributed by atoms with van der Waals surface area (Å²) in [5.41, 5.74) is 7.80. The average molecular weight is 299 g/mol. The highest BCUT2D eigenvalue weighted by Crippen LogP contribution is 2.20. The first-order chi connectivity index (χ1) is 10.5. The van der Waals surface area contributed by atoms with Crippen molar-refractivity contribution in [1.29, 1.82) is 0 Å². The lowest BCUT2D eigenvalue weighted by Gasteiger charge is -2.09. The Morgan fingerprint density at radius 1 is 1.27 bits per heavy atom. The highest BCUT2D eigenvalue weighted by molar-refractivity contribution is 5.83. The lowest BCUT2D eigenvalue weighted by atomic mass is 10.2. The van der Waals surface area contributed by atoms with Crippen molar-refractivity contribution in [3.8, 4) is 5.69 Å². The summed E-state index contributed by atoms with van der Waals surface area (Å²) in [6, 6.07) is 10.4. The molecule has 5 nitrogen and oxygen atoms in total. The zero-order valence-electron chi connectivity index (χ0n) is 13.4. The molecule has 0 bridgehead atoms. The Morgan fingerprint density at radius 2 is 1.95 bits per heavy atom. The number of nitrogens with one attached hydrogen (secondary N) is 1. The van der Waals surface area contributed by atoms with Crippen LogP contribution in [0.4, 0.5) is 4.79 Å². The number of hydrazone groups is 1. The van der Waals surface area contributed by atoms with E-state index in [1.807, 2.05) is 19.9 Å². The maximum atomic E-state index is 11.2. The summed E-state index contributed by atoms with van der Waals surface area (Å²) in [5, 5.41) is 3.92. The van der Waals surface area contributed by atoms with Gasteiger partial charge in [0.05, 0.1) is 12.8 Å². The van der Waals surface area contributed by atoms with Crippen molar-refractivity contribution in [3.05, 3.63) is 52.8 Å². The Kier molecular flexibility index (Phi) is 4.99. The first-order valence-electron chi connectivity index (χ1n) is 7.24. The maximum Gasteiger partial charge on any atom is 0.427 e. The molecule has 0 unspecified atom stereocenters. The van der Waals surface area contributed by atoms with Crippen molar-refractivity contribution >= 4 is 12.3 Å². The Balaban J connectivity index is 2.22. The number of nitrogens with zero attached hydrogens (tertiary/aromatic N) is 2. The van der Waals surface area contributed by atoms with Gasteiger partial charge < -0.3 is 9.30 Å². The first-order valence-corrected chi connectivity index (χ1v) is 7.24. The van der Waals surface area contributed by atoms with Crippen LogP contribution in [0.1, 0.15) is 29.4 Å². The molecule has 0 spiro atoms. The molecule has 0 saturated carbocycles. The molecule has 0 radical (unpaired) electrons. The summed E-state index contributed by atoms with van der Waals surface area (Å²) < 4.78 is 6.91. The molecule has 0 atom stereocenters. The van der Waals surface area contributed by atoms with Crippen LogP contribution in [0.2, 0.25) is 0 Å². The summed E-state index contributed by atoms with van der Waals surface area (Å²) in [7, 11) is 0. The predicted octanol–water partition coefficient (Wildman–Crippen LogP) is 3.48. The van der Waals surface area contributed by atoms with Crippen LogP contribution in [0.5, 0.6) is 0 Å². The molecular weight excluding hydrogens is 278 g/mol. The van der Waals surface area contributed by atoms with E-state index in [9.17, 15) is 4.79 Å². The van der Waals surface area contributed by atoms with Gasteiger partial charge in [0.25, 0.3) is 0 Å². The fourth-order valence-corrected chi connectivity index (χ4v) is 2.33. The van der Waals surface area contributed by atoms with Gasteiger partial charge in [-0.3, -0.25) is 0 Å². The van der Waals surface area contributed by atoms with E-state index in [2.05, 4.69) is 46.3 Å². The van der Waals surface area contributed by atoms with Crippen molar-refractivity contribution in [2.45, 2.75) is 27.7 Å². The van der Waals surface area contributed by atoms with Crippen molar-refractivity contribution in [2.24, 2.45) is 5.10 Å². The molecule has 1 heterocycles. The smallest absolute Gasteiger partial charge is 0.427 e. The van der Waals surface area contributed by atoms with Gasteiger partial charge >= 0.3 is 6.09 Å². The topological polar surface area (TPSA) is 55.6 Å². The minimum absolute atomic E-state index is 0.323. The Hall–Kier alpha value is -2.56. The van der Waals surface area contributed by atoms with E-state index in [1.54, 1.807) is 13.1 Å². The van der Waals surface area contributed by atoms with Crippen molar-refractivity contribution in [1.82, 2.24) is 9.99 Å². The SMILES string of the molecule is CCOC(=O)NN=Cc1cc(C)n(-c2ccc(C)cc2)c1C. The molecule has 1 aromatic heterocycles. The fraction of sp³-hybridized carbons (Fsp3) is 0.294. The molecule has 0 saturated heterocycles. The number of rotatable bonds is 4. The number of aryl methyl sites for hydroxylation is 2. The van der Waals surface area contributed by atoms with Gasteiger partial charge in [-0.15, -0.1) is 0 Å². The monoisotopic (exact) mass is 299 g/mol. The number of hydrogen-bond donors (Lipinski definition) is 1. The van der Waals surface area contributed by atoms with Crippen LogP contribution < -0.4 is 5.43 Å². The summed E-state index contributed by atoms with van der Waals surface area (Å²) in [6.07, 6.45) is 1.08. The molecule has 0 fully saturated rings. The number of carbonyl (C=O) groups is 1. The van der Waals surface area contributed by atoms with Crippen LogP contribution in [0.3, 0.4) is 0 Å². The summed E-state index contributed by atoms with van der Waals surface area (Å²) in [4.78, 5) is 11.2. The Morgan fingerprint density at radius 3 is 2.59 bits per heavy atom. The molecule has 116 valence electrons. The number of hydrogen-bond acceptors (Lipinski definition) is 3. The van der Waals surface area contributed by atoms with E-state index in [4.69, 9.17) is 4.74 Å². The molecule has 0 aliphatic heterocycles. The number of aromatic nitrogens is 1. The second-order valence-electron chi connectivity index (χ2n) is 5.09. The third-order valence-corrected chi connectivity index (χ3v) is 3.40. The van der Waals surface area contributed by atoms with E-state index in [0.717, 1.165) is 22.6 Å². The van der Waals surface area contributed by atoms with E-state index < -0.39 is 6.09 Å². The molecule has 0 aliphatic rings. The molecule has 1 amide bonds. The summed E-state index contributed by atoms with van der Waals surface area (Å²) >= 11 is 0. The molecular formula is C17H21N3O2. The quantitative estimate of drug-likeness (QED) is 0.694. The second-order valence-corrected chi connectivity index (χ2v) is 5.09. The molecule has 1 aromatic carbocycles. The minimum Gasteiger partial charge on any atom is -0.449 e. The van der Waals surface area contributed by atoms with Gasteiger partial charge in [0.15, 0.2) is 0 Å². The van der Waals surface area contributed by atoms with Gasteiger partial charge in [-0.1, -0.05) is 17.7 Å². The van der Waals surface area contributed by atoms with Crippen LogP contribution in [0.25, 0.3) is 5.69 Å².